The van der Waals surface area contributed by atoms with E-state index in [1.165, 1.54) is 0 Å². The highest BCUT2D eigenvalue weighted by atomic mass is 16.5. The van der Waals surface area contributed by atoms with Crippen LogP contribution in [0, 0.1) is 0 Å². The molecule has 0 fully saturated rings. The fraction of sp³-hybridized carbons (Fsp3) is 0.500. The van der Waals surface area contributed by atoms with Crippen molar-refractivity contribution in [2.75, 3.05) is 0 Å². The van der Waals surface area contributed by atoms with Crippen molar-refractivity contribution in [3.63, 3.8) is 0 Å². The molecule has 0 heterocycles. The summed E-state index contributed by atoms with van der Waals surface area (Å²) in [6, 6.07) is 7.28. The van der Waals surface area contributed by atoms with Gasteiger partial charge < -0.3 is 15.6 Å². The fourth-order valence-electron chi connectivity index (χ4n) is 1.86. The third kappa shape index (κ3) is 4.37. The molecule has 0 aromatic heterocycles. The van der Waals surface area contributed by atoms with Crippen LogP contribution in [0.3, 0.4) is 0 Å². The van der Waals surface area contributed by atoms with Crippen molar-refractivity contribution in [3.8, 4) is 5.75 Å². The van der Waals surface area contributed by atoms with E-state index in [4.69, 9.17) is 15.6 Å². The number of carbonyl (C=O) groups is 1. The maximum absolute atomic E-state index is 10.8. The zero-order valence-corrected chi connectivity index (χ0v) is 11.1. The Kier molecular flexibility index (Phi) is 5.16. The molecule has 2 atom stereocenters. The van der Waals surface area contributed by atoms with Crippen LogP contribution in [0.4, 0.5) is 0 Å². The Balaban J connectivity index is 2.83. The number of rotatable bonds is 6. The molecular weight excluding hydrogens is 230 g/mol. The molecule has 0 saturated heterocycles. The van der Waals surface area contributed by atoms with Gasteiger partial charge in [0.1, 0.15) is 5.75 Å². The van der Waals surface area contributed by atoms with Crippen molar-refractivity contribution in [3.05, 3.63) is 29.8 Å². The minimum Gasteiger partial charge on any atom is -0.491 e. The average Bonchev–Trinajstić information content (AvgIpc) is 2.26. The first-order valence-electron chi connectivity index (χ1n) is 6.14. The molecule has 2 unspecified atom stereocenters. The molecule has 4 nitrogen and oxygen atoms in total. The second-order valence-corrected chi connectivity index (χ2v) is 4.80. The number of nitrogens with two attached hydrogens (primary N) is 1. The van der Waals surface area contributed by atoms with E-state index in [2.05, 4.69) is 0 Å². The number of benzene rings is 1. The van der Waals surface area contributed by atoms with Crippen LogP contribution in [0.1, 0.15) is 38.7 Å². The lowest BCUT2D eigenvalue weighted by molar-refractivity contribution is -0.137. The minimum atomic E-state index is -0.834. The standard InChI is InChI=1S/C14H21NO3/c1-9(2)18-12-6-4-11(5-7-12)13(10(3)15)8-14(16)17/h4-7,9-10,13H,8,15H2,1-3H3,(H,16,17). The van der Waals surface area contributed by atoms with Gasteiger partial charge in [-0.15, -0.1) is 0 Å². The van der Waals surface area contributed by atoms with Gasteiger partial charge in [-0.1, -0.05) is 12.1 Å². The molecule has 0 aliphatic carbocycles. The molecule has 0 saturated carbocycles. The van der Waals surface area contributed by atoms with Gasteiger partial charge in [0.05, 0.1) is 12.5 Å². The normalized spacial score (nSPS) is 14.3. The zero-order chi connectivity index (χ0) is 13.7. The van der Waals surface area contributed by atoms with E-state index in [1.807, 2.05) is 45.0 Å². The Labute approximate surface area is 108 Å². The van der Waals surface area contributed by atoms with Crippen LogP contribution in [0.2, 0.25) is 0 Å². The van der Waals surface area contributed by atoms with Crippen molar-refractivity contribution in [2.45, 2.75) is 45.3 Å². The Hall–Kier alpha value is -1.55. The molecule has 0 bridgehead atoms. The molecular formula is C14H21NO3. The molecule has 0 spiro atoms. The van der Waals surface area contributed by atoms with Crippen LogP contribution in [0.15, 0.2) is 24.3 Å². The van der Waals surface area contributed by atoms with E-state index < -0.39 is 5.97 Å². The monoisotopic (exact) mass is 251 g/mol. The van der Waals surface area contributed by atoms with Crippen LogP contribution in [-0.2, 0) is 4.79 Å². The molecule has 0 radical (unpaired) electrons. The lowest BCUT2D eigenvalue weighted by Crippen LogP contribution is -2.26. The molecule has 0 aliphatic heterocycles. The predicted molar refractivity (Wildman–Crippen MR) is 70.8 cm³/mol. The number of aliphatic carboxylic acids is 1. The maximum Gasteiger partial charge on any atom is 0.304 e. The first-order chi connectivity index (χ1) is 8.40. The molecule has 18 heavy (non-hydrogen) atoms. The molecule has 0 aliphatic rings. The van der Waals surface area contributed by atoms with Crippen LogP contribution in [-0.4, -0.2) is 23.2 Å². The number of hydrogen-bond acceptors (Lipinski definition) is 3. The fourth-order valence-corrected chi connectivity index (χ4v) is 1.86. The second kappa shape index (κ2) is 6.40. The van der Waals surface area contributed by atoms with Crippen LogP contribution < -0.4 is 10.5 Å². The summed E-state index contributed by atoms with van der Waals surface area (Å²) >= 11 is 0. The SMILES string of the molecule is CC(C)Oc1ccc(C(CC(=O)O)C(C)N)cc1. The maximum atomic E-state index is 10.8. The van der Waals surface area contributed by atoms with Crippen molar-refractivity contribution in [1.82, 2.24) is 0 Å². The summed E-state index contributed by atoms with van der Waals surface area (Å²) in [6.07, 6.45) is 0.168. The Bertz CT molecular complexity index is 385. The molecule has 100 valence electrons. The van der Waals surface area contributed by atoms with Crippen LogP contribution >= 0.6 is 0 Å². The molecule has 1 aromatic carbocycles. The average molecular weight is 251 g/mol. The van der Waals surface area contributed by atoms with E-state index in [0.29, 0.717) is 0 Å². The van der Waals surface area contributed by atoms with Crippen molar-refractivity contribution >= 4 is 5.97 Å². The van der Waals surface area contributed by atoms with Gasteiger partial charge in [0.25, 0.3) is 0 Å². The number of hydrogen-bond donors (Lipinski definition) is 2. The van der Waals surface area contributed by atoms with Gasteiger partial charge in [-0.05, 0) is 38.5 Å². The Morgan fingerprint density at radius 1 is 1.28 bits per heavy atom. The van der Waals surface area contributed by atoms with Crippen LogP contribution in [0.25, 0.3) is 0 Å². The number of carboxylic acids is 1. The summed E-state index contributed by atoms with van der Waals surface area (Å²) in [5, 5.41) is 8.89. The predicted octanol–water partition coefficient (Wildman–Crippen LogP) is 2.38. The molecule has 1 aromatic rings. The highest BCUT2D eigenvalue weighted by Crippen LogP contribution is 2.25. The highest BCUT2D eigenvalue weighted by Gasteiger charge is 2.19. The van der Waals surface area contributed by atoms with Crippen molar-refractivity contribution in [2.24, 2.45) is 5.73 Å². The van der Waals surface area contributed by atoms with Gasteiger partial charge in [-0.3, -0.25) is 4.79 Å². The van der Waals surface area contributed by atoms with Crippen molar-refractivity contribution < 1.29 is 14.6 Å². The van der Waals surface area contributed by atoms with Gasteiger partial charge in [0, 0.05) is 12.0 Å². The zero-order valence-electron chi connectivity index (χ0n) is 11.1. The summed E-state index contributed by atoms with van der Waals surface area (Å²) in [4.78, 5) is 10.8. The topological polar surface area (TPSA) is 72.5 Å². The third-order valence-corrected chi connectivity index (χ3v) is 2.71. The lowest BCUT2D eigenvalue weighted by atomic mass is 9.90. The smallest absolute Gasteiger partial charge is 0.304 e. The number of carboxylic acid groups (broad SMARTS) is 1. The second-order valence-electron chi connectivity index (χ2n) is 4.80. The highest BCUT2D eigenvalue weighted by molar-refractivity contribution is 5.68. The van der Waals surface area contributed by atoms with Crippen molar-refractivity contribution in [1.29, 1.82) is 0 Å². The summed E-state index contributed by atoms with van der Waals surface area (Å²) in [7, 11) is 0. The van der Waals surface area contributed by atoms with Gasteiger partial charge >= 0.3 is 5.97 Å². The van der Waals surface area contributed by atoms with E-state index in [9.17, 15) is 4.79 Å². The molecule has 1 rings (SSSR count). The molecule has 0 amide bonds. The number of ether oxygens (including phenoxy) is 1. The van der Waals surface area contributed by atoms with Gasteiger partial charge in [-0.25, -0.2) is 0 Å². The summed E-state index contributed by atoms with van der Waals surface area (Å²) < 4.78 is 5.54. The lowest BCUT2D eigenvalue weighted by Gasteiger charge is -2.20. The van der Waals surface area contributed by atoms with E-state index in [1.54, 1.807) is 0 Å². The molecule has 4 heteroatoms. The first kappa shape index (κ1) is 14.5. The first-order valence-corrected chi connectivity index (χ1v) is 6.14. The van der Waals surface area contributed by atoms with Gasteiger partial charge in [-0.2, -0.15) is 0 Å². The van der Waals surface area contributed by atoms with E-state index in [-0.39, 0.29) is 24.5 Å². The minimum absolute atomic E-state index is 0.0437. The molecule has 3 N–H and O–H groups in total. The summed E-state index contributed by atoms with van der Waals surface area (Å²) in [5.74, 6) is -0.220. The van der Waals surface area contributed by atoms with Gasteiger partial charge in [0.2, 0.25) is 0 Å². The largest absolute Gasteiger partial charge is 0.491 e. The van der Waals surface area contributed by atoms with Gasteiger partial charge in [0.15, 0.2) is 0 Å². The summed E-state index contributed by atoms with van der Waals surface area (Å²) in [5.41, 5.74) is 6.77. The summed E-state index contributed by atoms with van der Waals surface area (Å²) in [6.45, 7) is 5.75. The Morgan fingerprint density at radius 2 is 1.83 bits per heavy atom. The quantitative estimate of drug-likeness (QED) is 0.814. The Morgan fingerprint density at radius 3 is 2.22 bits per heavy atom. The van der Waals surface area contributed by atoms with E-state index in [0.717, 1.165) is 11.3 Å². The van der Waals surface area contributed by atoms with Crippen LogP contribution in [0.5, 0.6) is 5.75 Å². The van der Waals surface area contributed by atoms with E-state index >= 15 is 0 Å². The third-order valence-electron chi connectivity index (χ3n) is 2.71.